The molecule has 1 rings (SSSR count). The van der Waals surface area contributed by atoms with Crippen LogP contribution in [0.4, 0.5) is 22.0 Å². The second-order valence-corrected chi connectivity index (χ2v) is 5.71. The number of hydrogen-bond donors (Lipinski definition) is 1. The molecule has 0 aromatic heterocycles. The van der Waals surface area contributed by atoms with Crippen LogP contribution in [0.1, 0.15) is 38.9 Å². The fourth-order valence-electron chi connectivity index (χ4n) is 1.62. The van der Waals surface area contributed by atoms with Gasteiger partial charge in [0, 0.05) is 0 Å². The molecule has 120 valence electrons. The van der Waals surface area contributed by atoms with Gasteiger partial charge in [0.15, 0.2) is 0 Å². The number of alkyl halides is 5. The molecule has 1 unspecified atom stereocenters. The zero-order chi connectivity index (χ0) is 16.5. The largest absolute Gasteiger partial charge is 0.488 e. The van der Waals surface area contributed by atoms with Gasteiger partial charge < -0.3 is 9.84 Å². The lowest BCUT2D eigenvalue weighted by Crippen LogP contribution is -2.37. The molecule has 7 heteroatoms. The van der Waals surface area contributed by atoms with Gasteiger partial charge in [0.1, 0.15) is 11.4 Å². The standard InChI is InChI=1S/C14H17F5O2/c1-12(2,3)21-10-6-4-5-9(7-10)11(20)8-13(15,16)14(17,18)19/h4-7,11,20H,8H2,1-3H3. The highest BCUT2D eigenvalue weighted by atomic mass is 19.4. The predicted octanol–water partition coefficient (Wildman–Crippen LogP) is 4.49. The summed E-state index contributed by atoms with van der Waals surface area (Å²) in [5.74, 6) is -4.66. The molecule has 1 aromatic carbocycles. The average Bonchev–Trinajstić information content (AvgIpc) is 2.24. The van der Waals surface area contributed by atoms with Crippen LogP contribution in [0.5, 0.6) is 5.75 Å². The number of aliphatic hydroxyl groups is 1. The van der Waals surface area contributed by atoms with Crippen molar-refractivity contribution in [1.29, 1.82) is 0 Å². The van der Waals surface area contributed by atoms with E-state index in [4.69, 9.17) is 4.74 Å². The highest BCUT2D eigenvalue weighted by molar-refractivity contribution is 5.30. The van der Waals surface area contributed by atoms with Crippen molar-refractivity contribution in [2.75, 3.05) is 0 Å². The molecule has 0 fully saturated rings. The topological polar surface area (TPSA) is 29.5 Å². The lowest BCUT2D eigenvalue weighted by Gasteiger charge is -2.24. The first-order chi connectivity index (χ1) is 9.32. The molecule has 0 aliphatic rings. The van der Waals surface area contributed by atoms with Gasteiger partial charge in [-0.25, -0.2) is 0 Å². The fraction of sp³-hybridized carbons (Fsp3) is 0.571. The molecule has 1 aromatic rings. The quantitative estimate of drug-likeness (QED) is 0.830. The fourth-order valence-corrected chi connectivity index (χ4v) is 1.62. The Kier molecular flexibility index (Phi) is 4.87. The first kappa shape index (κ1) is 17.7. The number of halogens is 5. The summed E-state index contributed by atoms with van der Waals surface area (Å²) in [5, 5.41) is 9.61. The highest BCUT2D eigenvalue weighted by Gasteiger charge is 2.58. The number of benzene rings is 1. The van der Waals surface area contributed by atoms with Gasteiger partial charge >= 0.3 is 12.1 Å². The second kappa shape index (κ2) is 5.79. The zero-order valence-electron chi connectivity index (χ0n) is 11.8. The van der Waals surface area contributed by atoms with Crippen LogP contribution in [-0.4, -0.2) is 22.8 Å². The molecular formula is C14H17F5O2. The highest BCUT2D eigenvalue weighted by Crippen LogP contribution is 2.41. The average molecular weight is 312 g/mol. The van der Waals surface area contributed by atoms with Crippen LogP contribution in [-0.2, 0) is 0 Å². The van der Waals surface area contributed by atoms with Gasteiger partial charge in [0.2, 0.25) is 0 Å². The normalized spacial score (nSPS) is 14.9. The summed E-state index contributed by atoms with van der Waals surface area (Å²) < 4.78 is 67.7. The van der Waals surface area contributed by atoms with Crippen molar-refractivity contribution < 1.29 is 31.8 Å². The van der Waals surface area contributed by atoms with E-state index in [1.165, 1.54) is 24.3 Å². The summed E-state index contributed by atoms with van der Waals surface area (Å²) in [6.07, 6.45) is -9.35. The third-order valence-electron chi connectivity index (χ3n) is 2.53. The molecule has 1 N–H and O–H groups in total. The molecule has 2 nitrogen and oxygen atoms in total. The van der Waals surface area contributed by atoms with E-state index < -0.39 is 30.2 Å². The zero-order valence-corrected chi connectivity index (χ0v) is 11.8. The number of ether oxygens (including phenoxy) is 1. The van der Waals surface area contributed by atoms with E-state index in [0.717, 1.165) is 0 Å². The third kappa shape index (κ3) is 5.15. The third-order valence-corrected chi connectivity index (χ3v) is 2.53. The molecule has 0 radical (unpaired) electrons. The minimum atomic E-state index is -5.69. The van der Waals surface area contributed by atoms with Gasteiger partial charge in [-0.1, -0.05) is 12.1 Å². The number of hydrogen-bond acceptors (Lipinski definition) is 2. The summed E-state index contributed by atoms with van der Waals surface area (Å²) in [4.78, 5) is 0. The van der Waals surface area contributed by atoms with Crippen LogP contribution in [0.15, 0.2) is 24.3 Å². The lowest BCUT2D eigenvalue weighted by molar-refractivity contribution is -0.290. The first-order valence-electron chi connectivity index (χ1n) is 6.23. The summed E-state index contributed by atoms with van der Waals surface area (Å²) >= 11 is 0. The van der Waals surface area contributed by atoms with Crippen molar-refractivity contribution in [3.8, 4) is 5.75 Å². The Morgan fingerprint density at radius 3 is 2.14 bits per heavy atom. The predicted molar refractivity (Wildman–Crippen MR) is 67.4 cm³/mol. The molecule has 0 spiro atoms. The van der Waals surface area contributed by atoms with Gasteiger partial charge in [-0.3, -0.25) is 0 Å². The summed E-state index contributed by atoms with van der Waals surface area (Å²) in [5.41, 5.74) is -0.611. The monoisotopic (exact) mass is 312 g/mol. The van der Waals surface area contributed by atoms with Crippen molar-refractivity contribution in [1.82, 2.24) is 0 Å². The minimum absolute atomic E-state index is 0.0549. The molecule has 0 heterocycles. The van der Waals surface area contributed by atoms with Gasteiger partial charge in [-0.15, -0.1) is 0 Å². The summed E-state index contributed by atoms with van der Waals surface area (Å²) in [6, 6.07) is 5.48. The Labute approximate surface area is 119 Å². The van der Waals surface area contributed by atoms with Gasteiger partial charge in [-0.05, 0) is 38.5 Å². The van der Waals surface area contributed by atoms with E-state index in [2.05, 4.69) is 0 Å². The first-order valence-corrected chi connectivity index (χ1v) is 6.23. The summed E-state index contributed by atoms with van der Waals surface area (Å²) in [7, 11) is 0. The molecule has 0 amide bonds. The molecule has 21 heavy (non-hydrogen) atoms. The Morgan fingerprint density at radius 1 is 1.10 bits per heavy atom. The molecular weight excluding hydrogens is 295 g/mol. The maximum atomic E-state index is 12.9. The van der Waals surface area contributed by atoms with Crippen LogP contribution in [0.25, 0.3) is 0 Å². The van der Waals surface area contributed by atoms with Crippen LogP contribution >= 0.6 is 0 Å². The van der Waals surface area contributed by atoms with Crippen LogP contribution in [0.2, 0.25) is 0 Å². The Hall–Kier alpha value is -1.37. The van der Waals surface area contributed by atoms with E-state index >= 15 is 0 Å². The molecule has 0 aliphatic heterocycles. The van der Waals surface area contributed by atoms with E-state index in [1.807, 2.05) is 0 Å². The van der Waals surface area contributed by atoms with E-state index in [1.54, 1.807) is 20.8 Å². The van der Waals surface area contributed by atoms with Crippen LogP contribution < -0.4 is 4.74 Å². The van der Waals surface area contributed by atoms with E-state index in [9.17, 15) is 27.1 Å². The molecule has 0 saturated carbocycles. The van der Waals surface area contributed by atoms with E-state index in [-0.39, 0.29) is 11.3 Å². The summed E-state index contributed by atoms with van der Waals surface area (Å²) in [6.45, 7) is 5.27. The number of rotatable bonds is 4. The van der Waals surface area contributed by atoms with Crippen molar-refractivity contribution in [2.45, 2.75) is 51.0 Å². The van der Waals surface area contributed by atoms with Crippen LogP contribution in [0.3, 0.4) is 0 Å². The van der Waals surface area contributed by atoms with Crippen molar-refractivity contribution >= 4 is 0 Å². The maximum Gasteiger partial charge on any atom is 0.453 e. The van der Waals surface area contributed by atoms with Gasteiger partial charge in [0.25, 0.3) is 0 Å². The van der Waals surface area contributed by atoms with Gasteiger partial charge in [-0.2, -0.15) is 22.0 Å². The SMILES string of the molecule is CC(C)(C)Oc1cccc(C(O)CC(F)(F)C(F)(F)F)c1. The molecule has 0 bridgehead atoms. The molecule has 0 saturated heterocycles. The van der Waals surface area contributed by atoms with Crippen molar-refractivity contribution in [3.63, 3.8) is 0 Å². The number of aliphatic hydroxyl groups excluding tert-OH is 1. The molecule has 0 aliphatic carbocycles. The Morgan fingerprint density at radius 2 is 1.67 bits per heavy atom. The van der Waals surface area contributed by atoms with E-state index in [0.29, 0.717) is 0 Å². The second-order valence-electron chi connectivity index (χ2n) is 5.71. The maximum absolute atomic E-state index is 12.9. The Balaban J connectivity index is 2.89. The lowest BCUT2D eigenvalue weighted by atomic mass is 10.0. The Bertz CT molecular complexity index is 477. The van der Waals surface area contributed by atoms with Crippen molar-refractivity contribution in [2.24, 2.45) is 0 Å². The molecule has 1 atom stereocenters. The smallest absolute Gasteiger partial charge is 0.453 e. The minimum Gasteiger partial charge on any atom is -0.488 e. The van der Waals surface area contributed by atoms with Crippen molar-refractivity contribution in [3.05, 3.63) is 29.8 Å². The van der Waals surface area contributed by atoms with Gasteiger partial charge in [0.05, 0.1) is 12.5 Å². The van der Waals surface area contributed by atoms with Crippen LogP contribution in [0, 0.1) is 0 Å².